The van der Waals surface area contributed by atoms with Gasteiger partial charge in [0.15, 0.2) is 0 Å². The monoisotopic (exact) mass is 168 g/mol. The summed E-state index contributed by atoms with van der Waals surface area (Å²) in [4.78, 5) is 0. The summed E-state index contributed by atoms with van der Waals surface area (Å²) >= 11 is 0. The Morgan fingerprint density at radius 1 is 1.33 bits per heavy atom. The lowest BCUT2D eigenvalue weighted by molar-refractivity contribution is 0.356. The van der Waals surface area contributed by atoms with Gasteiger partial charge in [-0.05, 0) is 18.2 Å². The van der Waals surface area contributed by atoms with E-state index in [1.165, 1.54) is 12.1 Å². The average Bonchev–Trinajstić information content (AvgIpc) is 2.54. The van der Waals surface area contributed by atoms with Crippen LogP contribution >= 0.6 is 0 Å². The molecule has 0 spiro atoms. The van der Waals surface area contributed by atoms with Crippen molar-refractivity contribution in [3.63, 3.8) is 0 Å². The molecule has 12 heavy (non-hydrogen) atoms. The van der Waals surface area contributed by atoms with Gasteiger partial charge in [-0.15, -0.1) is 0 Å². The zero-order valence-corrected chi connectivity index (χ0v) is 7.43. The van der Waals surface area contributed by atoms with Gasteiger partial charge in [0, 0.05) is 12.0 Å². The first-order valence-electron chi connectivity index (χ1n) is 4.27. The molecule has 0 fully saturated rings. The lowest BCUT2D eigenvalue weighted by atomic mass is 10.2. The van der Waals surface area contributed by atoms with Crippen molar-refractivity contribution in [1.82, 2.24) is 0 Å². The number of fused-ring (bicyclic) bond motifs is 1. The molecule has 1 aliphatic heterocycles. The molecule has 1 nitrogen and oxygen atoms in total. The Morgan fingerprint density at radius 3 is 2.83 bits per heavy atom. The number of rotatable bonds is 0. The molecular formula is C10H13FO. The molecule has 1 aromatic rings. The Morgan fingerprint density at radius 2 is 2.08 bits per heavy atom. The van der Waals surface area contributed by atoms with Gasteiger partial charge in [0.05, 0.1) is 6.61 Å². The molecule has 0 saturated heterocycles. The van der Waals surface area contributed by atoms with E-state index in [0.717, 1.165) is 17.7 Å². The quantitative estimate of drug-likeness (QED) is 0.578. The number of halogens is 1. The zero-order valence-electron chi connectivity index (χ0n) is 7.43. The van der Waals surface area contributed by atoms with Gasteiger partial charge in [0.25, 0.3) is 0 Å². The van der Waals surface area contributed by atoms with Gasteiger partial charge in [0.2, 0.25) is 0 Å². The second-order valence-corrected chi connectivity index (χ2v) is 2.35. The summed E-state index contributed by atoms with van der Waals surface area (Å²) in [5.74, 6) is 0.658. The van der Waals surface area contributed by atoms with Gasteiger partial charge in [-0.2, -0.15) is 0 Å². The highest BCUT2D eigenvalue weighted by Gasteiger charge is 2.11. The first-order chi connectivity index (χ1) is 5.86. The number of hydrogen-bond donors (Lipinski definition) is 0. The van der Waals surface area contributed by atoms with E-state index in [2.05, 4.69) is 0 Å². The molecular weight excluding hydrogens is 155 g/mol. The maximum absolute atomic E-state index is 12.5. The zero-order chi connectivity index (χ0) is 8.97. The van der Waals surface area contributed by atoms with Crippen LogP contribution in [0.25, 0.3) is 0 Å². The van der Waals surface area contributed by atoms with Gasteiger partial charge in [0.1, 0.15) is 11.6 Å². The maximum Gasteiger partial charge on any atom is 0.123 e. The fourth-order valence-electron chi connectivity index (χ4n) is 1.16. The summed E-state index contributed by atoms with van der Waals surface area (Å²) in [6.45, 7) is 4.69. The summed E-state index contributed by atoms with van der Waals surface area (Å²) in [5.41, 5.74) is 0.986. The molecule has 0 aliphatic carbocycles. The van der Waals surface area contributed by atoms with Crippen molar-refractivity contribution in [3.05, 3.63) is 29.6 Å². The van der Waals surface area contributed by atoms with Crippen molar-refractivity contribution in [1.29, 1.82) is 0 Å². The van der Waals surface area contributed by atoms with E-state index in [-0.39, 0.29) is 5.82 Å². The molecule has 0 radical (unpaired) electrons. The van der Waals surface area contributed by atoms with Crippen molar-refractivity contribution in [2.75, 3.05) is 6.61 Å². The SMILES string of the molecule is CC.Fc1ccc2c(c1)CCO2. The smallest absolute Gasteiger partial charge is 0.123 e. The Kier molecular flexibility index (Phi) is 3.09. The normalized spacial score (nSPS) is 12.6. The van der Waals surface area contributed by atoms with Crippen LogP contribution in [0.4, 0.5) is 4.39 Å². The molecule has 0 amide bonds. The fraction of sp³-hybridized carbons (Fsp3) is 0.400. The van der Waals surface area contributed by atoms with Gasteiger partial charge < -0.3 is 4.74 Å². The predicted molar refractivity (Wildman–Crippen MR) is 46.9 cm³/mol. The Labute approximate surface area is 72.2 Å². The molecule has 0 saturated carbocycles. The van der Waals surface area contributed by atoms with Crippen LogP contribution in [0.5, 0.6) is 5.75 Å². The standard InChI is InChI=1S/C8H7FO.C2H6/c9-7-1-2-8-6(5-7)3-4-10-8;1-2/h1-2,5H,3-4H2;1-2H3. The van der Waals surface area contributed by atoms with E-state index in [4.69, 9.17) is 4.74 Å². The first kappa shape index (κ1) is 9.04. The van der Waals surface area contributed by atoms with E-state index in [1.54, 1.807) is 6.07 Å². The highest BCUT2D eigenvalue weighted by atomic mass is 19.1. The summed E-state index contributed by atoms with van der Waals surface area (Å²) in [6.07, 6.45) is 0.840. The molecule has 2 heteroatoms. The number of hydrogen-bond acceptors (Lipinski definition) is 1. The van der Waals surface area contributed by atoms with E-state index < -0.39 is 0 Å². The van der Waals surface area contributed by atoms with Crippen molar-refractivity contribution in [2.24, 2.45) is 0 Å². The lowest BCUT2D eigenvalue weighted by Crippen LogP contribution is -1.85. The predicted octanol–water partition coefficient (Wildman–Crippen LogP) is 2.79. The third kappa shape index (κ3) is 1.76. The Hall–Kier alpha value is -1.05. The molecule has 0 aromatic heterocycles. The van der Waals surface area contributed by atoms with Gasteiger partial charge >= 0.3 is 0 Å². The second-order valence-electron chi connectivity index (χ2n) is 2.35. The fourth-order valence-corrected chi connectivity index (χ4v) is 1.16. The van der Waals surface area contributed by atoms with Crippen molar-refractivity contribution >= 4 is 0 Å². The van der Waals surface area contributed by atoms with Crippen LogP contribution in [-0.4, -0.2) is 6.61 Å². The summed E-state index contributed by atoms with van der Waals surface area (Å²) in [7, 11) is 0. The van der Waals surface area contributed by atoms with Gasteiger partial charge in [-0.3, -0.25) is 0 Å². The summed E-state index contributed by atoms with van der Waals surface area (Å²) in [5, 5.41) is 0. The molecule has 0 N–H and O–H groups in total. The molecule has 0 bridgehead atoms. The van der Waals surface area contributed by atoms with Crippen LogP contribution in [0.2, 0.25) is 0 Å². The van der Waals surface area contributed by atoms with Crippen LogP contribution in [0, 0.1) is 5.82 Å². The number of benzene rings is 1. The third-order valence-electron chi connectivity index (χ3n) is 1.65. The molecule has 1 aliphatic rings. The first-order valence-corrected chi connectivity index (χ1v) is 4.27. The van der Waals surface area contributed by atoms with Crippen LogP contribution in [0.3, 0.4) is 0 Å². The van der Waals surface area contributed by atoms with E-state index in [0.29, 0.717) is 6.61 Å². The van der Waals surface area contributed by atoms with Gasteiger partial charge in [-0.25, -0.2) is 4.39 Å². The summed E-state index contributed by atoms with van der Waals surface area (Å²) in [6, 6.07) is 4.63. The van der Waals surface area contributed by atoms with Crippen LogP contribution < -0.4 is 4.74 Å². The minimum Gasteiger partial charge on any atom is -0.493 e. The van der Waals surface area contributed by atoms with Gasteiger partial charge in [-0.1, -0.05) is 13.8 Å². The van der Waals surface area contributed by atoms with Crippen LogP contribution in [-0.2, 0) is 6.42 Å². The Bertz CT molecular complexity index is 258. The second kappa shape index (κ2) is 4.10. The van der Waals surface area contributed by atoms with Crippen molar-refractivity contribution < 1.29 is 9.13 Å². The van der Waals surface area contributed by atoms with Crippen molar-refractivity contribution in [2.45, 2.75) is 20.3 Å². The van der Waals surface area contributed by atoms with Crippen LogP contribution in [0.15, 0.2) is 18.2 Å². The van der Waals surface area contributed by atoms with Crippen LogP contribution in [0.1, 0.15) is 19.4 Å². The largest absolute Gasteiger partial charge is 0.493 e. The topological polar surface area (TPSA) is 9.23 Å². The number of ether oxygens (including phenoxy) is 1. The average molecular weight is 168 g/mol. The molecule has 0 unspecified atom stereocenters. The maximum atomic E-state index is 12.5. The molecule has 1 aromatic carbocycles. The highest BCUT2D eigenvalue weighted by Crippen LogP contribution is 2.24. The van der Waals surface area contributed by atoms with Crippen molar-refractivity contribution in [3.8, 4) is 5.75 Å². The molecule has 66 valence electrons. The lowest BCUT2D eigenvalue weighted by Gasteiger charge is -1.95. The minimum absolute atomic E-state index is 0.177. The molecule has 2 rings (SSSR count). The van der Waals surface area contributed by atoms with E-state index in [9.17, 15) is 4.39 Å². The highest BCUT2D eigenvalue weighted by molar-refractivity contribution is 5.36. The minimum atomic E-state index is -0.177. The third-order valence-corrected chi connectivity index (χ3v) is 1.65. The Balaban J connectivity index is 0.000000336. The molecule has 0 atom stereocenters. The summed E-state index contributed by atoms with van der Waals surface area (Å²) < 4.78 is 17.7. The van der Waals surface area contributed by atoms with E-state index >= 15 is 0 Å². The van der Waals surface area contributed by atoms with E-state index in [1.807, 2.05) is 13.8 Å². The molecule has 1 heterocycles.